The summed E-state index contributed by atoms with van der Waals surface area (Å²) in [6.07, 6.45) is 0.752. The SMILES string of the molecule is COCCC(NC(=O)C(C)CCOc1ccccc1)C(=O)O. The second-order valence-electron chi connectivity index (χ2n) is 5.03. The highest BCUT2D eigenvalue weighted by Crippen LogP contribution is 2.11. The molecule has 2 N–H and O–H groups in total. The number of benzene rings is 1. The fraction of sp³-hybridized carbons (Fsp3) is 0.500. The Kier molecular flexibility index (Phi) is 7.99. The van der Waals surface area contributed by atoms with Gasteiger partial charge in [0, 0.05) is 26.1 Å². The van der Waals surface area contributed by atoms with E-state index in [0.717, 1.165) is 5.75 Å². The summed E-state index contributed by atoms with van der Waals surface area (Å²) in [7, 11) is 1.49. The van der Waals surface area contributed by atoms with Crippen LogP contribution in [0.1, 0.15) is 19.8 Å². The molecule has 6 heteroatoms. The summed E-state index contributed by atoms with van der Waals surface area (Å²) in [5.74, 6) is -0.926. The molecule has 6 nitrogen and oxygen atoms in total. The Labute approximate surface area is 130 Å². The van der Waals surface area contributed by atoms with Crippen molar-refractivity contribution in [1.29, 1.82) is 0 Å². The van der Waals surface area contributed by atoms with Gasteiger partial charge in [-0.2, -0.15) is 0 Å². The summed E-state index contributed by atoms with van der Waals surface area (Å²) in [4.78, 5) is 23.1. The quantitative estimate of drug-likeness (QED) is 0.687. The summed E-state index contributed by atoms with van der Waals surface area (Å²) < 4.78 is 10.4. The number of amides is 1. The lowest BCUT2D eigenvalue weighted by atomic mass is 10.1. The van der Waals surface area contributed by atoms with E-state index < -0.39 is 12.0 Å². The van der Waals surface area contributed by atoms with Crippen molar-refractivity contribution in [3.05, 3.63) is 30.3 Å². The molecule has 0 fully saturated rings. The monoisotopic (exact) mass is 309 g/mol. The number of hydrogen-bond donors (Lipinski definition) is 2. The van der Waals surface area contributed by atoms with Crippen LogP contribution in [0, 0.1) is 5.92 Å². The molecule has 1 aromatic carbocycles. The van der Waals surface area contributed by atoms with Crippen LogP contribution in [0.2, 0.25) is 0 Å². The minimum absolute atomic E-state index is 0.241. The number of ether oxygens (including phenoxy) is 2. The molecule has 0 saturated heterocycles. The van der Waals surface area contributed by atoms with Gasteiger partial charge in [-0.15, -0.1) is 0 Å². The first-order valence-electron chi connectivity index (χ1n) is 7.24. The molecule has 2 unspecified atom stereocenters. The Balaban J connectivity index is 2.35. The summed E-state index contributed by atoms with van der Waals surface area (Å²) in [5, 5.41) is 11.6. The zero-order chi connectivity index (χ0) is 16.4. The topological polar surface area (TPSA) is 84.9 Å². The van der Waals surface area contributed by atoms with E-state index in [1.807, 2.05) is 30.3 Å². The molecule has 1 rings (SSSR count). The highest BCUT2D eigenvalue weighted by Gasteiger charge is 2.22. The van der Waals surface area contributed by atoms with Gasteiger partial charge in [0.1, 0.15) is 11.8 Å². The number of carboxylic acid groups (broad SMARTS) is 1. The molecule has 2 atom stereocenters. The van der Waals surface area contributed by atoms with Gasteiger partial charge >= 0.3 is 5.97 Å². The molecule has 1 aromatic rings. The number of carbonyl (C=O) groups excluding carboxylic acids is 1. The molecule has 0 aromatic heterocycles. The van der Waals surface area contributed by atoms with Gasteiger partial charge in [-0.05, 0) is 18.6 Å². The Morgan fingerprint density at radius 3 is 2.45 bits per heavy atom. The standard InChI is InChI=1S/C16H23NO5/c1-12(8-11-22-13-6-4-3-5-7-13)15(18)17-14(16(19)20)9-10-21-2/h3-7,12,14H,8-11H2,1-2H3,(H,17,18)(H,19,20). The number of carbonyl (C=O) groups is 2. The molecule has 1 amide bonds. The van der Waals surface area contributed by atoms with Gasteiger partial charge in [0.2, 0.25) is 5.91 Å². The predicted octanol–water partition coefficient (Wildman–Crippen LogP) is 1.70. The lowest BCUT2D eigenvalue weighted by Gasteiger charge is -2.17. The Morgan fingerprint density at radius 2 is 1.86 bits per heavy atom. The number of hydrogen-bond acceptors (Lipinski definition) is 4. The summed E-state index contributed by atoms with van der Waals surface area (Å²) >= 11 is 0. The molecule has 0 bridgehead atoms. The van der Waals surface area contributed by atoms with Gasteiger partial charge in [-0.25, -0.2) is 4.79 Å². The van der Waals surface area contributed by atoms with Gasteiger partial charge < -0.3 is 19.9 Å². The van der Waals surface area contributed by atoms with Gasteiger partial charge in [-0.1, -0.05) is 25.1 Å². The van der Waals surface area contributed by atoms with Crippen LogP contribution in [0.25, 0.3) is 0 Å². The zero-order valence-corrected chi connectivity index (χ0v) is 13.0. The van der Waals surface area contributed by atoms with Gasteiger partial charge in [0.25, 0.3) is 0 Å². The van der Waals surface area contributed by atoms with Crippen LogP contribution in [0.3, 0.4) is 0 Å². The van der Waals surface area contributed by atoms with Gasteiger partial charge in [0.15, 0.2) is 0 Å². The van der Waals surface area contributed by atoms with E-state index in [1.54, 1.807) is 6.92 Å². The van der Waals surface area contributed by atoms with Gasteiger partial charge in [-0.3, -0.25) is 4.79 Å². The highest BCUT2D eigenvalue weighted by molar-refractivity contribution is 5.84. The molecule has 122 valence electrons. The molecule has 0 aliphatic carbocycles. The van der Waals surface area contributed by atoms with E-state index in [2.05, 4.69) is 5.32 Å². The Bertz CT molecular complexity index is 463. The van der Waals surface area contributed by atoms with Crippen molar-refractivity contribution in [3.8, 4) is 5.75 Å². The minimum Gasteiger partial charge on any atom is -0.494 e. The molecule has 0 aliphatic heterocycles. The molecular formula is C16H23NO5. The number of aliphatic carboxylic acids is 1. The van der Waals surface area contributed by atoms with Crippen molar-refractivity contribution >= 4 is 11.9 Å². The van der Waals surface area contributed by atoms with E-state index >= 15 is 0 Å². The van der Waals surface area contributed by atoms with Crippen molar-refractivity contribution in [2.45, 2.75) is 25.8 Å². The second-order valence-corrected chi connectivity index (χ2v) is 5.03. The summed E-state index contributed by atoms with van der Waals surface area (Å²) in [6, 6.07) is 8.41. The van der Waals surface area contributed by atoms with Crippen molar-refractivity contribution in [2.24, 2.45) is 5.92 Å². The number of para-hydroxylation sites is 1. The van der Waals surface area contributed by atoms with E-state index in [9.17, 15) is 9.59 Å². The fourth-order valence-electron chi connectivity index (χ4n) is 1.81. The number of carboxylic acids is 1. The number of nitrogens with one attached hydrogen (secondary N) is 1. The molecule has 0 heterocycles. The lowest BCUT2D eigenvalue weighted by molar-refractivity contribution is -0.143. The third kappa shape index (κ3) is 6.58. The van der Waals surface area contributed by atoms with E-state index in [0.29, 0.717) is 13.0 Å². The van der Waals surface area contributed by atoms with Crippen LogP contribution in [-0.2, 0) is 14.3 Å². The van der Waals surface area contributed by atoms with Crippen LogP contribution in [0.5, 0.6) is 5.75 Å². The maximum atomic E-state index is 12.0. The predicted molar refractivity (Wildman–Crippen MR) is 81.8 cm³/mol. The van der Waals surface area contributed by atoms with Crippen LogP contribution < -0.4 is 10.1 Å². The lowest BCUT2D eigenvalue weighted by Crippen LogP contribution is -2.44. The Hall–Kier alpha value is -2.08. The second kappa shape index (κ2) is 9.78. The smallest absolute Gasteiger partial charge is 0.326 e. The number of methoxy groups -OCH3 is 1. The van der Waals surface area contributed by atoms with Crippen molar-refractivity contribution < 1.29 is 24.2 Å². The summed E-state index contributed by atoms with van der Waals surface area (Å²) in [5.41, 5.74) is 0. The molecule has 0 radical (unpaired) electrons. The van der Waals surface area contributed by atoms with Crippen molar-refractivity contribution in [1.82, 2.24) is 5.32 Å². The molecular weight excluding hydrogens is 286 g/mol. The average Bonchev–Trinajstić information content (AvgIpc) is 2.51. The van der Waals surface area contributed by atoms with E-state index in [-0.39, 0.29) is 24.9 Å². The van der Waals surface area contributed by atoms with Crippen molar-refractivity contribution in [2.75, 3.05) is 20.3 Å². The molecule has 0 saturated carbocycles. The minimum atomic E-state index is -1.06. The molecule has 22 heavy (non-hydrogen) atoms. The normalized spacial score (nSPS) is 13.2. The third-order valence-corrected chi connectivity index (χ3v) is 3.24. The zero-order valence-electron chi connectivity index (χ0n) is 13.0. The van der Waals surface area contributed by atoms with E-state index in [1.165, 1.54) is 7.11 Å². The number of rotatable bonds is 10. The first-order chi connectivity index (χ1) is 10.5. The maximum absolute atomic E-state index is 12.0. The Morgan fingerprint density at radius 1 is 1.18 bits per heavy atom. The molecule has 0 spiro atoms. The van der Waals surface area contributed by atoms with Crippen LogP contribution in [-0.4, -0.2) is 43.3 Å². The fourth-order valence-corrected chi connectivity index (χ4v) is 1.81. The first kappa shape index (κ1) is 18.0. The van der Waals surface area contributed by atoms with E-state index in [4.69, 9.17) is 14.6 Å². The average molecular weight is 309 g/mol. The first-order valence-corrected chi connectivity index (χ1v) is 7.24. The summed E-state index contributed by atoms with van der Waals surface area (Å²) in [6.45, 7) is 2.43. The third-order valence-electron chi connectivity index (χ3n) is 3.24. The van der Waals surface area contributed by atoms with Crippen LogP contribution in [0.4, 0.5) is 0 Å². The van der Waals surface area contributed by atoms with Crippen LogP contribution >= 0.6 is 0 Å². The highest BCUT2D eigenvalue weighted by atomic mass is 16.5. The van der Waals surface area contributed by atoms with Crippen molar-refractivity contribution in [3.63, 3.8) is 0 Å². The van der Waals surface area contributed by atoms with Gasteiger partial charge in [0.05, 0.1) is 6.61 Å². The maximum Gasteiger partial charge on any atom is 0.326 e. The van der Waals surface area contributed by atoms with Crippen LogP contribution in [0.15, 0.2) is 30.3 Å². The largest absolute Gasteiger partial charge is 0.494 e. The molecule has 0 aliphatic rings.